The first-order valence-electron chi connectivity index (χ1n) is 11.0. The largest absolute Gasteiger partial charge is 0.462 e. The van der Waals surface area contributed by atoms with Crippen LogP contribution >= 0.6 is 0 Å². The lowest BCUT2D eigenvalue weighted by atomic mass is 9.89. The molecule has 3 unspecified atom stereocenters. The van der Waals surface area contributed by atoms with Crippen molar-refractivity contribution >= 4 is 23.7 Å². The predicted molar refractivity (Wildman–Crippen MR) is 123 cm³/mol. The highest BCUT2D eigenvalue weighted by molar-refractivity contribution is 6.09. The van der Waals surface area contributed by atoms with Crippen molar-refractivity contribution in [3.05, 3.63) is 71.8 Å². The third-order valence-electron chi connectivity index (χ3n) is 5.11. The van der Waals surface area contributed by atoms with Gasteiger partial charge >= 0.3 is 17.9 Å². The summed E-state index contributed by atoms with van der Waals surface area (Å²) >= 11 is 0. The maximum absolute atomic E-state index is 12.4. The lowest BCUT2D eigenvalue weighted by Crippen LogP contribution is -2.37. The highest BCUT2D eigenvalue weighted by atomic mass is 16.6. The zero-order chi connectivity index (χ0) is 25.1. The lowest BCUT2D eigenvalue weighted by molar-refractivity contribution is -0.169. The van der Waals surface area contributed by atoms with Crippen molar-refractivity contribution < 1.29 is 38.5 Å². The minimum absolute atomic E-state index is 0.183. The second-order valence-electron chi connectivity index (χ2n) is 7.95. The van der Waals surface area contributed by atoms with E-state index in [4.69, 9.17) is 14.2 Å². The molecule has 0 heterocycles. The van der Waals surface area contributed by atoms with Gasteiger partial charge in [0.05, 0.1) is 0 Å². The maximum Gasteiger partial charge on any atom is 0.303 e. The van der Waals surface area contributed by atoms with Crippen LogP contribution in [0.25, 0.3) is 0 Å². The number of allylic oxidation sites excluding steroid dienone is 3. The zero-order valence-electron chi connectivity index (χ0n) is 19.6. The Morgan fingerprint density at radius 1 is 1.03 bits per heavy atom. The van der Waals surface area contributed by atoms with Crippen LogP contribution in [0.2, 0.25) is 0 Å². The second kappa shape index (κ2) is 12.6. The van der Waals surface area contributed by atoms with Gasteiger partial charge in [0, 0.05) is 26.3 Å². The molecule has 34 heavy (non-hydrogen) atoms. The highest BCUT2D eigenvalue weighted by Gasteiger charge is 2.36. The second-order valence-corrected chi connectivity index (χ2v) is 7.95. The number of hydrogen-bond acceptors (Lipinski definition) is 8. The van der Waals surface area contributed by atoms with E-state index in [1.54, 1.807) is 0 Å². The van der Waals surface area contributed by atoms with Gasteiger partial charge in [-0.1, -0.05) is 42.5 Å². The van der Waals surface area contributed by atoms with Crippen molar-refractivity contribution in [2.75, 3.05) is 6.61 Å². The summed E-state index contributed by atoms with van der Waals surface area (Å²) in [5, 5.41) is 11.1. The standard InChI is InChI=1S/C26H30O8/c1-18(27)32-17-25(34-20(3)29)24(33-19(2)28)13-7-12-22-23(30)14-16-26(22,31)15-8-11-21-9-5-4-6-10-21/h4-7,9-10,12-14,16,24-25,31H,8,11,15,17H2,1-3H3/b13-7+,22-12+. The Morgan fingerprint density at radius 2 is 1.71 bits per heavy atom. The van der Waals surface area contributed by atoms with Gasteiger partial charge in [-0.25, -0.2) is 0 Å². The smallest absolute Gasteiger partial charge is 0.303 e. The summed E-state index contributed by atoms with van der Waals surface area (Å²) in [5.41, 5.74) is -0.0964. The number of ketones is 1. The molecule has 0 aliphatic heterocycles. The van der Waals surface area contributed by atoms with Crippen LogP contribution in [0.3, 0.4) is 0 Å². The molecular weight excluding hydrogens is 440 g/mol. The SMILES string of the molecule is CC(=O)OCC(OC(C)=O)C(/C=C/C=C1\C(=O)C=CC1(O)CCCc1ccccc1)OC(C)=O. The van der Waals surface area contributed by atoms with Crippen LogP contribution < -0.4 is 0 Å². The molecule has 182 valence electrons. The van der Waals surface area contributed by atoms with Crippen LogP contribution in [0, 0.1) is 0 Å². The minimum atomic E-state index is -1.42. The van der Waals surface area contributed by atoms with E-state index in [0.717, 1.165) is 12.0 Å². The maximum atomic E-state index is 12.4. The molecule has 1 aliphatic carbocycles. The molecule has 1 N–H and O–H groups in total. The molecule has 0 radical (unpaired) electrons. The molecule has 1 aromatic carbocycles. The van der Waals surface area contributed by atoms with E-state index in [0.29, 0.717) is 12.8 Å². The van der Waals surface area contributed by atoms with Gasteiger partial charge in [-0.3, -0.25) is 19.2 Å². The molecule has 0 saturated carbocycles. The predicted octanol–water partition coefficient (Wildman–Crippen LogP) is 2.79. The average molecular weight is 471 g/mol. The van der Waals surface area contributed by atoms with Crippen molar-refractivity contribution in [2.45, 2.75) is 57.8 Å². The van der Waals surface area contributed by atoms with Crippen LogP contribution in [0.4, 0.5) is 0 Å². The first kappa shape index (κ1) is 26.7. The fourth-order valence-corrected chi connectivity index (χ4v) is 3.56. The van der Waals surface area contributed by atoms with Crippen molar-refractivity contribution in [3.8, 4) is 0 Å². The topological polar surface area (TPSA) is 116 Å². The number of hydrogen-bond donors (Lipinski definition) is 1. The van der Waals surface area contributed by atoms with Crippen LogP contribution in [0.15, 0.2) is 66.3 Å². The van der Waals surface area contributed by atoms with Crippen LogP contribution in [-0.4, -0.2) is 53.2 Å². The number of carbonyl (C=O) groups is 4. The van der Waals surface area contributed by atoms with Gasteiger partial charge in [0.1, 0.15) is 12.2 Å². The number of aliphatic hydroxyl groups is 1. The van der Waals surface area contributed by atoms with Crippen molar-refractivity contribution in [2.24, 2.45) is 0 Å². The Balaban J connectivity index is 2.16. The Bertz CT molecular complexity index is 976. The van der Waals surface area contributed by atoms with Crippen molar-refractivity contribution in [1.82, 2.24) is 0 Å². The molecule has 2 rings (SSSR count). The molecule has 0 fully saturated rings. The van der Waals surface area contributed by atoms with Crippen molar-refractivity contribution in [3.63, 3.8) is 0 Å². The molecule has 0 spiro atoms. The van der Waals surface area contributed by atoms with E-state index in [1.807, 2.05) is 30.3 Å². The summed E-state index contributed by atoms with van der Waals surface area (Å²) in [7, 11) is 0. The van der Waals surface area contributed by atoms with Gasteiger partial charge < -0.3 is 19.3 Å². The molecule has 0 saturated heterocycles. The van der Waals surface area contributed by atoms with Gasteiger partial charge in [-0.15, -0.1) is 0 Å². The number of ether oxygens (including phenoxy) is 3. The van der Waals surface area contributed by atoms with E-state index in [-0.39, 0.29) is 18.0 Å². The van der Waals surface area contributed by atoms with E-state index >= 15 is 0 Å². The fraction of sp³-hybridized carbons (Fsp3) is 0.385. The summed E-state index contributed by atoms with van der Waals surface area (Å²) in [6.07, 6.45) is 6.70. The first-order chi connectivity index (χ1) is 16.1. The number of esters is 3. The summed E-state index contributed by atoms with van der Waals surface area (Å²) in [4.78, 5) is 46.6. The number of benzene rings is 1. The molecule has 8 heteroatoms. The fourth-order valence-electron chi connectivity index (χ4n) is 3.56. The Hall–Kier alpha value is -3.52. The molecule has 8 nitrogen and oxygen atoms in total. The van der Waals surface area contributed by atoms with Crippen LogP contribution in [0.1, 0.15) is 39.2 Å². The lowest BCUT2D eigenvalue weighted by Gasteiger charge is -2.24. The Kier molecular flexibility index (Phi) is 9.94. The summed E-state index contributed by atoms with van der Waals surface area (Å²) in [5.74, 6) is -2.21. The van der Waals surface area contributed by atoms with Gasteiger partial charge in [0.15, 0.2) is 18.0 Å². The number of aryl methyl sites for hydroxylation is 1. The summed E-state index contributed by atoms with van der Waals surface area (Å²) < 4.78 is 15.3. The van der Waals surface area contributed by atoms with Gasteiger partial charge in [0.25, 0.3) is 0 Å². The van der Waals surface area contributed by atoms with E-state index in [1.165, 1.54) is 51.2 Å². The summed E-state index contributed by atoms with van der Waals surface area (Å²) in [6.45, 7) is 3.24. The molecular formula is C26H30O8. The van der Waals surface area contributed by atoms with E-state index in [2.05, 4.69) is 0 Å². The molecule has 0 bridgehead atoms. The highest BCUT2D eigenvalue weighted by Crippen LogP contribution is 2.31. The zero-order valence-corrected chi connectivity index (χ0v) is 19.6. The average Bonchev–Trinajstić information content (AvgIpc) is 3.04. The number of rotatable bonds is 11. The quantitative estimate of drug-likeness (QED) is 0.298. The van der Waals surface area contributed by atoms with Crippen LogP contribution in [0.5, 0.6) is 0 Å². The van der Waals surface area contributed by atoms with Crippen LogP contribution in [-0.2, 0) is 39.8 Å². The number of carbonyl (C=O) groups excluding carboxylic acids is 4. The molecule has 1 aliphatic rings. The van der Waals surface area contributed by atoms with E-state index in [9.17, 15) is 24.3 Å². The van der Waals surface area contributed by atoms with Gasteiger partial charge in [-0.2, -0.15) is 0 Å². The Labute approximate surface area is 198 Å². The molecule has 3 atom stereocenters. The summed E-state index contributed by atoms with van der Waals surface area (Å²) in [6, 6.07) is 9.84. The third-order valence-corrected chi connectivity index (χ3v) is 5.11. The van der Waals surface area contributed by atoms with E-state index < -0.39 is 35.7 Å². The molecule has 0 amide bonds. The molecule has 1 aromatic rings. The minimum Gasteiger partial charge on any atom is -0.462 e. The van der Waals surface area contributed by atoms with Crippen molar-refractivity contribution in [1.29, 1.82) is 0 Å². The van der Waals surface area contributed by atoms with Gasteiger partial charge in [-0.05, 0) is 43.1 Å². The Morgan fingerprint density at radius 3 is 2.32 bits per heavy atom. The molecule has 0 aromatic heterocycles. The third kappa shape index (κ3) is 8.44. The first-order valence-corrected chi connectivity index (χ1v) is 11.0. The monoisotopic (exact) mass is 470 g/mol. The van der Waals surface area contributed by atoms with Gasteiger partial charge in [0.2, 0.25) is 0 Å². The normalized spacial score (nSPS) is 20.4.